The first-order valence-corrected chi connectivity index (χ1v) is 3.47. The number of rotatable bonds is 0. The van der Waals surface area contributed by atoms with Crippen molar-refractivity contribution in [2.45, 2.75) is 30.7 Å². The lowest BCUT2D eigenvalue weighted by molar-refractivity contribution is -0.301. The molecule has 4 fully saturated rings. The maximum Gasteiger partial charge on any atom is 0.187 e. The second kappa shape index (κ2) is 1.53. The Labute approximate surface area is 57.7 Å². The van der Waals surface area contributed by atoms with E-state index in [1.165, 1.54) is 0 Å². The molecular formula is C6H8O4. The SMILES string of the molecule is O[C@@H]1[C@@H]2O[C@@H]3CO[C@@H]2O[C@@H]13. The molecule has 0 amide bonds. The van der Waals surface area contributed by atoms with E-state index in [-0.39, 0.29) is 24.6 Å². The molecule has 4 nitrogen and oxygen atoms in total. The third-order valence-electron chi connectivity index (χ3n) is 2.36. The van der Waals surface area contributed by atoms with Crippen molar-refractivity contribution in [2.75, 3.05) is 6.61 Å². The van der Waals surface area contributed by atoms with Gasteiger partial charge in [0.1, 0.15) is 24.4 Å². The van der Waals surface area contributed by atoms with E-state index in [9.17, 15) is 5.11 Å². The van der Waals surface area contributed by atoms with Crippen molar-refractivity contribution in [1.82, 2.24) is 0 Å². The molecule has 0 saturated carbocycles. The van der Waals surface area contributed by atoms with Crippen LogP contribution in [0.5, 0.6) is 0 Å². The Morgan fingerprint density at radius 1 is 1.20 bits per heavy atom. The van der Waals surface area contributed by atoms with Gasteiger partial charge in [-0.1, -0.05) is 0 Å². The van der Waals surface area contributed by atoms with Crippen LogP contribution in [0.1, 0.15) is 0 Å². The summed E-state index contributed by atoms with van der Waals surface area (Å²) in [6.07, 6.45) is -1.13. The predicted octanol–water partition coefficient (Wildman–Crippen LogP) is -1.13. The number of hydrogen-bond donors (Lipinski definition) is 1. The molecular weight excluding hydrogens is 136 g/mol. The van der Waals surface area contributed by atoms with Crippen LogP contribution in [0.3, 0.4) is 0 Å². The lowest BCUT2D eigenvalue weighted by Crippen LogP contribution is -2.46. The largest absolute Gasteiger partial charge is 0.387 e. The van der Waals surface area contributed by atoms with Gasteiger partial charge < -0.3 is 19.3 Å². The monoisotopic (exact) mass is 144 g/mol. The lowest BCUT2D eigenvalue weighted by Gasteiger charge is -2.34. The zero-order valence-electron chi connectivity index (χ0n) is 5.27. The van der Waals surface area contributed by atoms with Crippen molar-refractivity contribution in [3.05, 3.63) is 0 Å². The normalized spacial score (nSPS) is 63.9. The van der Waals surface area contributed by atoms with Crippen LogP contribution < -0.4 is 0 Å². The zero-order valence-corrected chi connectivity index (χ0v) is 5.27. The van der Waals surface area contributed by atoms with Gasteiger partial charge in [0, 0.05) is 0 Å². The Morgan fingerprint density at radius 2 is 2.10 bits per heavy atom. The van der Waals surface area contributed by atoms with Gasteiger partial charge >= 0.3 is 0 Å². The standard InChI is InChI=1S/C6H8O4/c7-3-4-2-1-8-6(10-4)5(3)9-2/h2-7H,1H2/t2-,3+,4-,5+,6-/m1/s1. The predicted molar refractivity (Wildman–Crippen MR) is 29.3 cm³/mol. The van der Waals surface area contributed by atoms with Crippen LogP contribution in [0.4, 0.5) is 0 Å². The average molecular weight is 144 g/mol. The van der Waals surface area contributed by atoms with Gasteiger partial charge in [-0.25, -0.2) is 0 Å². The summed E-state index contributed by atoms with van der Waals surface area (Å²) >= 11 is 0. The van der Waals surface area contributed by atoms with Crippen LogP contribution in [-0.2, 0) is 14.2 Å². The summed E-state index contributed by atoms with van der Waals surface area (Å²) in [5.41, 5.74) is 0. The maximum atomic E-state index is 9.38. The summed E-state index contributed by atoms with van der Waals surface area (Å²) in [5, 5.41) is 9.38. The van der Waals surface area contributed by atoms with Crippen molar-refractivity contribution in [1.29, 1.82) is 0 Å². The van der Waals surface area contributed by atoms with Gasteiger partial charge in [-0.15, -0.1) is 0 Å². The van der Waals surface area contributed by atoms with Crippen molar-refractivity contribution < 1.29 is 19.3 Å². The van der Waals surface area contributed by atoms with Gasteiger partial charge in [0.15, 0.2) is 6.29 Å². The molecule has 4 saturated heterocycles. The summed E-state index contributed by atoms with van der Waals surface area (Å²) in [5.74, 6) is 0. The van der Waals surface area contributed by atoms with Gasteiger partial charge in [0.25, 0.3) is 0 Å². The zero-order chi connectivity index (χ0) is 6.72. The van der Waals surface area contributed by atoms with Crippen LogP contribution in [0, 0.1) is 0 Å². The Morgan fingerprint density at radius 3 is 2.50 bits per heavy atom. The fraction of sp³-hybridized carbons (Fsp3) is 1.00. The molecule has 4 bridgehead atoms. The van der Waals surface area contributed by atoms with Crippen LogP contribution in [-0.4, -0.2) is 42.4 Å². The van der Waals surface area contributed by atoms with Gasteiger partial charge in [0.05, 0.1) is 6.61 Å². The fourth-order valence-electron chi connectivity index (χ4n) is 1.85. The summed E-state index contributed by atoms with van der Waals surface area (Å²) in [7, 11) is 0. The Kier molecular flexibility index (Phi) is 0.840. The lowest BCUT2D eigenvalue weighted by atomic mass is 10.1. The van der Waals surface area contributed by atoms with Gasteiger partial charge in [0.2, 0.25) is 0 Å². The second-order valence-corrected chi connectivity index (χ2v) is 2.93. The molecule has 5 atom stereocenters. The van der Waals surface area contributed by atoms with Gasteiger partial charge in [-0.05, 0) is 0 Å². The summed E-state index contributed by atoms with van der Waals surface area (Å²) in [6.45, 7) is 0.572. The molecule has 0 aromatic heterocycles. The molecule has 1 N–H and O–H groups in total. The molecule has 56 valence electrons. The minimum Gasteiger partial charge on any atom is -0.387 e. The smallest absolute Gasteiger partial charge is 0.187 e. The van der Waals surface area contributed by atoms with Crippen LogP contribution in [0.25, 0.3) is 0 Å². The van der Waals surface area contributed by atoms with E-state index in [2.05, 4.69) is 0 Å². The van der Waals surface area contributed by atoms with Crippen LogP contribution in [0.15, 0.2) is 0 Å². The van der Waals surface area contributed by atoms with Crippen molar-refractivity contribution >= 4 is 0 Å². The molecule has 0 aromatic carbocycles. The van der Waals surface area contributed by atoms with E-state index in [0.29, 0.717) is 6.61 Å². The summed E-state index contributed by atoms with van der Waals surface area (Å²) in [6, 6.07) is 0. The first kappa shape index (κ1) is 5.49. The topological polar surface area (TPSA) is 47.9 Å². The highest BCUT2D eigenvalue weighted by atomic mass is 16.8. The first-order chi connectivity index (χ1) is 4.86. The van der Waals surface area contributed by atoms with E-state index < -0.39 is 6.10 Å². The van der Waals surface area contributed by atoms with E-state index in [0.717, 1.165) is 0 Å². The highest BCUT2D eigenvalue weighted by Gasteiger charge is 2.59. The quantitative estimate of drug-likeness (QED) is 0.467. The van der Waals surface area contributed by atoms with Crippen LogP contribution in [0.2, 0.25) is 0 Å². The molecule has 4 heteroatoms. The molecule has 4 aliphatic heterocycles. The third-order valence-corrected chi connectivity index (χ3v) is 2.36. The number of aliphatic hydroxyl groups excluding tert-OH is 1. The highest BCUT2D eigenvalue weighted by Crippen LogP contribution is 2.40. The Balaban J connectivity index is 2.01. The van der Waals surface area contributed by atoms with Crippen LogP contribution >= 0.6 is 0 Å². The van der Waals surface area contributed by atoms with Gasteiger partial charge in [-0.2, -0.15) is 0 Å². The first-order valence-electron chi connectivity index (χ1n) is 3.47. The molecule has 0 unspecified atom stereocenters. The molecule has 0 spiro atoms. The van der Waals surface area contributed by atoms with E-state index in [1.54, 1.807) is 0 Å². The van der Waals surface area contributed by atoms with Crippen molar-refractivity contribution in [3.63, 3.8) is 0 Å². The Bertz CT molecular complexity index is 149. The second-order valence-electron chi connectivity index (χ2n) is 2.93. The minimum atomic E-state index is -0.461. The molecule has 0 radical (unpaired) electrons. The number of hydrogen-bond acceptors (Lipinski definition) is 4. The van der Waals surface area contributed by atoms with Crippen molar-refractivity contribution in [2.24, 2.45) is 0 Å². The molecule has 0 aliphatic carbocycles. The fourth-order valence-corrected chi connectivity index (χ4v) is 1.85. The molecule has 0 aromatic rings. The highest BCUT2D eigenvalue weighted by molar-refractivity contribution is 5.02. The number of fused-ring (bicyclic) bond motifs is 1. The van der Waals surface area contributed by atoms with Crippen molar-refractivity contribution in [3.8, 4) is 0 Å². The maximum absolute atomic E-state index is 9.38. The molecule has 10 heavy (non-hydrogen) atoms. The third kappa shape index (κ3) is 0.441. The summed E-state index contributed by atoms with van der Waals surface area (Å²) < 4.78 is 15.8. The summed E-state index contributed by atoms with van der Waals surface area (Å²) in [4.78, 5) is 0. The Hall–Kier alpha value is -0.160. The molecule has 4 heterocycles. The van der Waals surface area contributed by atoms with Gasteiger partial charge in [-0.3, -0.25) is 0 Å². The minimum absolute atomic E-state index is 0.0231. The molecule has 4 aliphatic rings. The van der Waals surface area contributed by atoms with E-state index in [4.69, 9.17) is 14.2 Å². The number of ether oxygens (including phenoxy) is 3. The van der Waals surface area contributed by atoms with E-state index >= 15 is 0 Å². The number of aliphatic hydroxyl groups is 1. The molecule has 4 rings (SSSR count). The average Bonchev–Trinajstić information content (AvgIpc) is 2.42. The van der Waals surface area contributed by atoms with E-state index in [1.807, 2.05) is 0 Å².